The predicted octanol–water partition coefficient (Wildman–Crippen LogP) is 2.58. The van der Waals surface area contributed by atoms with Gasteiger partial charge in [-0.1, -0.05) is 23.4 Å². The molecule has 0 saturated heterocycles. The molecule has 2 heterocycles. The van der Waals surface area contributed by atoms with Crippen molar-refractivity contribution in [2.24, 2.45) is 0 Å². The maximum atomic E-state index is 4.69. The largest absolute Gasteiger partial charge is 0.369 e. The molecule has 3 aromatic rings. The van der Waals surface area contributed by atoms with Gasteiger partial charge in [-0.2, -0.15) is 4.98 Å². The molecule has 96 valence electrons. The quantitative estimate of drug-likeness (QED) is 0.775. The van der Waals surface area contributed by atoms with E-state index in [2.05, 4.69) is 39.5 Å². The zero-order valence-corrected chi connectivity index (χ0v) is 10.6. The fourth-order valence-corrected chi connectivity index (χ4v) is 2.00. The molecule has 2 aromatic heterocycles. The molecule has 0 aliphatic rings. The second-order valence-electron chi connectivity index (χ2n) is 4.37. The number of hydrogen-bond donors (Lipinski definition) is 1. The fraction of sp³-hybridized carbons (Fsp3) is 0.214. The van der Waals surface area contributed by atoms with Crippen molar-refractivity contribution in [1.82, 2.24) is 15.1 Å². The summed E-state index contributed by atoms with van der Waals surface area (Å²) in [5.41, 5.74) is 2.13. The maximum Gasteiger partial charge on any atom is 0.213 e. The first-order valence-electron chi connectivity index (χ1n) is 6.18. The van der Waals surface area contributed by atoms with E-state index in [0.29, 0.717) is 12.2 Å². The number of rotatable bonds is 4. The molecule has 5 heteroatoms. The molecular weight excluding hydrogens is 240 g/mol. The van der Waals surface area contributed by atoms with Crippen LogP contribution in [0.4, 0.5) is 5.82 Å². The van der Waals surface area contributed by atoms with Gasteiger partial charge in [0.2, 0.25) is 6.39 Å². The van der Waals surface area contributed by atoms with E-state index in [1.807, 2.05) is 18.2 Å². The van der Waals surface area contributed by atoms with Gasteiger partial charge >= 0.3 is 0 Å². The van der Waals surface area contributed by atoms with Crippen LogP contribution in [0.1, 0.15) is 11.4 Å². The molecule has 3 rings (SSSR count). The summed E-state index contributed by atoms with van der Waals surface area (Å²) >= 11 is 0. The van der Waals surface area contributed by atoms with Crippen LogP contribution in [0, 0.1) is 6.92 Å². The summed E-state index contributed by atoms with van der Waals surface area (Å²) in [6, 6.07) is 10.2. The standard InChI is InChI=1S/C14H14N4O/c1-10-8-11-4-2-3-5-12(11)17-14(10)15-7-6-13-16-9-19-18-13/h2-5,8-9H,6-7H2,1H3,(H,15,17). The van der Waals surface area contributed by atoms with Gasteiger partial charge in [0.1, 0.15) is 5.82 Å². The molecule has 0 spiro atoms. The molecule has 1 aromatic carbocycles. The van der Waals surface area contributed by atoms with Gasteiger partial charge in [-0.05, 0) is 24.6 Å². The molecule has 0 amide bonds. The predicted molar refractivity (Wildman–Crippen MR) is 73.0 cm³/mol. The normalized spacial score (nSPS) is 10.8. The van der Waals surface area contributed by atoms with Crippen LogP contribution in [0.25, 0.3) is 10.9 Å². The van der Waals surface area contributed by atoms with Crippen LogP contribution in [0.3, 0.4) is 0 Å². The van der Waals surface area contributed by atoms with E-state index in [1.165, 1.54) is 6.39 Å². The molecule has 19 heavy (non-hydrogen) atoms. The van der Waals surface area contributed by atoms with Gasteiger partial charge in [-0.25, -0.2) is 4.98 Å². The van der Waals surface area contributed by atoms with Crippen molar-refractivity contribution in [3.05, 3.63) is 48.1 Å². The Hall–Kier alpha value is -2.43. The van der Waals surface area contributed by atoms with Gasteiger partial charge in [-0.15, -0.1) is 0 Å². The first kappa shape index (κ1) is 11.6. The highest BCUT2D eigenvalue weighted by Crippen LogP contribution is 2.19. The highest BCUT2D eigenvalue weighted by atomic mass is 16.5. The molecule has 0 saturated carbocycles. The van der Waals surface area contributed by atoms with Crippen molar-refractivity contribution in [3.8, 4) is 0 Å². The number of nitrogens with zero attached hydrogens (tertiary/aromatic N) is 3. The number of anilines is 1. The number of para-hydroxylation sites is 1. The zero-order chi connectivity index (χ0) is 13.1. The average molecular weight is 254 g/mol. The van der Waals surface area contributed by atoms with E-state index in [4.69, 9.17) is 4.52 Å². The number of benzene rings is 1. The van der Waals surface area contributed by atoms with Crippen LogP contribution in [-0.2, 0) is 6.42 Å². The second-order valence-corrected chi connectivity index (χ2v) is 4.37. The fourth-order valence-electron chi connectivity index (χ4n) is 2.00. The Balaban J connectivity index is 1.75. The Morgan fingerprint density at radius 2 is 2.16 bits per heavy atom. The lowest BCUT2D eigenvalue weighted by atomic mass is 10.1. The van der Waals surface area contributed by atoms with Crippen LogP contribution in [0.5, 0.6) is 0 Å². The molecule has 0 bridgehead atoms. The van der Waals surface area contributed by atoms with Gasteiger partial charge in [0.05, 0.1) is 5.52 Å². The van der Waals surface area contributed by atoms with Crippen molar-refractivity contribution >= 4 is 16.7 Å². The molecule has 0 unspecified atom stereocenters. The summed E-state index contributed by atoms with van der Waals surface area (Å²) in [6.45, 7) is 2.78. The first-order chi connectivity index (χ1) is 9.33. The monoisotopic (exact) mass is 254 g/mol. The molecule has 1 N–H and O–H groups in total. The van der Waals surface area contributed by atoms with Crippen molar-refractivity contribution in [2.45, 2.75) is 13.3 Å². The van der Waals surface area contributed by atoms with Crippen LogP contribution in [-0.4, -0.2) is 21.7 Å². The Morgan fingerprint density at radius 1 is 1.26 bits per heavy atom. The molecule has 0 aliphatic carbocycles. The minimum absolute atomic E-state index is 0.700. The van der Waals surface area contributed by atoms with Gasteiger partial charge in [0.25, 0.3) is 0 Å². The third-order valence-corrected chi connectivity index (χ3v) is 2.96. The van der Waals surface area contributed by atoms with Gasteiger partial charge < -0.3 is 9.84 Å². The number of hydrogen-bond acceptors (Lipinski definition) is 5. The minimum Gasteiger partial charge on any atom is -0.369 e. The van der Waals surface area contributed by atoms with Gasteiger partial charge in [0, 0.05) is 18.4 Å². The highest BCUT2D eigenvalue weighted by Gasteiger charge is 2.03. The average Bonchev–Trinajstić information content (AvgIpc) is 2.92. The van der Waals surface area contributed by atoms with Crippen LogP contribution in [0.15, 0.2) is 41.2 Å². The summed E-state index contributed by atoms with van der Waals surface area (Å²) < 4.78 is 4.69. The van der Waals surface area contributed by atoms with E-state index < -0.39 is 0 Å². The molecule has 0 aliphatic heterocycles. The summed E-state index contributed by atoms with van der Waals surface area (Å²) in [5, 5.41) is 8.24. The van der Waals surface area contributed by atoms with Crippen molar-refractivity contribution in [1.29, 1.82) is 0 Å². The van der Waals surface area contributed by atoms with Gasteiger partial charge in [-0.3, -0.25) is 0 Å². The van der Waals surface area contributed by atoms with Crippen molar-refractivity contribution in [2.75, 3.05) is 11.9 Å². The number of nitrogens with one attached hydrogen (secondary N) is 1. The van der Waals surface area contributed by atoms with Crippen LogP contribution < -0.4 is 5.32 Å². The minimum atomic E-state index is 0.700. The Kier molecular flexibility index (Phi) is 3.10. The van der Waals surface area contributed by atoms with Crippen LogP contribution in [0.2, 0.25) is 0 Å². The molecular formula is C14H14N4O. The Morgan fingerprint density at radius 3 is 3.00 bits per heavy atom. The lowest BCUT2D eigenvalue weighted by Crippen LogP contribution is -2.08. The number of fused-ring (bicyclic) bond motifs is 1. The number of pyridine rings is 1. The third-order valence-electron chi connectivity index (χ3n) is 2.96. The van der Waals surface area contributed by atoms with E-state index in [9.17, 15) is 0 Å². The number of aromatic nitrogens is 3. The lowest BCUT2D eigenvalue weighted by molar-refractivity contribution is 0.410. The first-order valence-corrected chi connectivity index (χ1v) is 6.18. The van der Waals surface area contributed by atoms with Gasteiger partial charge in [0.15, 0.2) is 5.82 Å². The molecule has 0 fully saturated rings. The van der Waals surface area contributed by atoms with Crippen molar-refractivity contribution in [3.63, 3.8) is 0 Å². The smallest absolute Gasteiger partial charge is 0.213 e. The molecule has 0 radical (unpaired) electrons. The number of aryl methyl sites for hydroxylation is 1. The van der Waals surface area contributed by atoms with Crippen molar-refractivity contribution < 1.29 is 4.52 Å². The SMILES string of the molecule is Cc1cc2ccccc2nc1NCCc1ncon1. The molecule has 5 nitrogen and oxygen atoms in total. The lowest BCUT2D eigenvalue weighted by Gasteiger charge is -2.09. The Labute approximate surface area is 110 Å². The maximum absolute atomic E-state index is 4.69. The zero-order valence-electron chi connectivity index (χ0n) is 10.6. The highest BCUT2D eigenvalue weighted by molar-refractivity contribution is 5.81. The summed E-state index contributed by atoms with van der Waals surface area (Å²) in [5.74, 6) is 1.60. The van der Waals surface area contributed by atoms with E-state index in [1.54, 1.807) is 0 Å². The topological polar surface area (TPSA) is 63.8 Å². The Bertz CT molecular complexity index is 679. The summed E-state index contributed by atoms with van der Waals surface area (Å²) in [6.07, 6.45) is 2.05. The second kappa shape index (κ2) is 5.06. The van der Waals surface area contributed by atoms with Crippen LogP contribution >= 0.6 is 0 Å². The van der Waals surface area contributed by atoms with E-state index in [-0.39, 0.29) is 0 Å². The summed E-state index contributed by atoms with van der Waals surface area (Å²) in [4.78, 5) is 8.60. The summed E-state index contributed by atoms with van der Waals surface area (Å²) in [7, 11) is 0. The van der Waals surface area contributed by atoms with E-state index >= 15 is 0 Å². The third kappa shape index (κ3) is 2.54. The van der Waals surface area contributed by atoms with E-state index in [0.717, 1.165) is 28.8 Å². The molecule has 0 atom stereocenters.